The van der Waals surface area contributed by atoms with Gasteiger partial charge in [-0.3, -0.25) is 9.59 Å². The Bertz CT molecular complexity index is 703. The second kappa shape index (κ2) is 7.47. The first kappa shape index (κ1) is 16.6. The predicted molar refractivity (Wildman–Crippen MR) is 91.8 cm³/mol. The molecule has 114 valence electrons. The van der Waals surface area contributed by atoms with Crippen molar-refractivity contribution in [3.8, 4) is 0 Å². The molecule has 0 fully saturated rings. The molecule has 22 heavy (non-hydrogen) atoms. The standard InChI is InChI=1S/C17H16ClNO2S/c1-11(20)13-6-5-7-14(10-13)19-17(21)12(2)22-16-9-4-3-8-15(16)18/h3-10,12H,1-2H3,(H,19,21)/t12-/m1/s1. The zero-order valence-electron chi connectivity index (χ0n) is 12.3. The number of ketones is 1. The quantitative estimate of drug-likeness (QED) is 0.639. The molecule has 0 unspecified atom stereocenters. The van der Waals surface area contributed by atoms with Gasteiger partial charge in [-0.2, -0.15) is 0 Å². The van der Waals surface area contributed by atoms with Crippen LogP contribution in [0.5, 0.6) is 0 Å². The van der Waals surface area contributed by atoms with Gasteiger partial charge in [-0.1, -0.05) is 35.9 Å². The van der Waals surface area contributed by atoms with Crippen LogP contribution in [0, 0.1) is 0 Å². The predicted octanol–water partition coefficient (Wildman–Crippen LogP) is 4.66. The molecular weight excluding hydrogens is 318 g/mol. The van der Waals surface area contributed by atoms with Crippen LogP contribution in [0.1, 0.15) is 24.2 Å². The van der Waals surface area contributed by atoms with Crippen molar-refractivity contribution in [2.45, 2.75) is 24.0 Å². The van der Waals surface area contributed by atoms with E-state index in [1.165, 1.54) is 18.7 Å². The second-order valence-electron chi connectivity index (χ2n) is 4.82. The number of rotatable bonds is 5. The molecule has 2 aromatic carbocycles. The Morgan fingerprint density at radius 1 is 1.14 bits per heavy atom. The van der Waals surface area contributed by atoms with E-state index in [1.807, 2.05) is 25.1 Å². The van der Waals surface area contributed by atoms with Crippen LogP contribution in [0.15, 0.2) is 53.4 Å². The normalized spacial score (nSPS) is 11.8. The number of thioether (sulfide) groups is 1. The van der Waals surface area contributed by atoms with E-state index in [2.05, 4.69) is 5.32 Å². The van der Waals surface area contributed by atoms with Gasteiger partial charge in [-0.15, -0.1) is 11.8 Å². The van der Waals surface area contributed by atoms with E-state index in [-0.39, 0.29) is 16.9 Å². The highest BCUT2D eigenvalue weighted by molar-refractivity contribution is 8.00. The summed E-state index contributed by atoms with van der Waals surface area (Å²) in [7, 11) is 0. The van der Waals surface area contributed by atoms with E-state index in [1.54, 1.807) is 30.3 Å². The molecule has 0 heterocycles. The summed E-state index contributed by atoms with van der Waals surface area (Å²) in [6, 6.07) is 14.3. The Morgan fingerprint density at radius 2 is 1.86 bits per heavy atom. The highest BCUT2D eigenvalue weighted by Crippen LogP contribution is 2.30. The fraction of sp³-hybridized carbons (Fsp3) is 0.176. The minimum Gasteiger partial charge on any atom is -0.325 e. The Kier molecular flexibility index (Phi) is 5.63. The van der Waals surface area contributed by atoms with Gasteiger partial charge in [0.2, 0.25) is 5.91 Å². The molecule has 0 aliphatic carbocycles. The Labute approximate surface area is 139 Å². The minimum atomic E-state index is -0.305. The lowest BCUT2D eigenvalue weighted by Gasteiger charge is -2.13. The smallest absolute Gasteiger partial charge is 0.237 e. The van der Waals surface area contributed by atoms with Crippen molar-refractivity contribution in [2.75, 3.05) is 5.32 Å². The third-order valence-corrected chi connectivity index (χ3v) is 4.67. The Balaban J connectivity index is 2.04. The number of amides is 1. The maximum atomic E-state index is 12.2. The van der Waals surface area contributed by atoms with Crippen LogP contribution in [-0.4, -0.2) is 16.9 Å². The first-order valence-electron chi connectivity index (χ1n) is 6.80. The maximum absolute atomic E-state index is 12.2. The molecule has 5 heteroatoms. The topological polar surface area (TPSA) is 46.2 Å². The molecule has 0 aliphatic heterocycles. The van der Waals surface area contributed by atoms with Crippen LogP contribution in [0.4, 0.5) is 5.69 Å². The highest BCUT2D eigenvalue weighted by Gasteiger charge is 2.16. The summed E-state index contributed by atoms with van der Waals surface area (Å²) in [6.07, 6.45) is 0. The number of hydrogen-bond donors (Lipinski definition) is 1. The van der Waals surface area contributed by atoms with E-state index in [0.29, 0.717) is 16.3 Å². The van der Waals surface area contributed by atoms with Crippen molar-refractivity contribution < 1.29 is 9.59 Å². The van der Waals surface area contributed by atoms with Crippen molar-refractivity contribution >= 4 is 40.7 Å². The molecule has 0 spiro atoms. The van der Waals surface area contributed by atoms with Gasteiger partial charge in [0.25, 0.3) is 0 Å². The number of anilines is 1. The minimum absolute atomic E-state index is 0.0328. The number of carbonyl (C=O) groups is 2. The third kappa shape index (κ3) is 4.36. The first-order chi connectivity index (χ1) is 10.5. The number of halogens is 1. The maximum Gasteiger partial charge on any atom is 0.237 e. The van der Waals surface area contributed by atoms with Gasteiger partial charge in [0.15, 0.2) is 5.78 Å². The number of nitrogens with one attached hydrogen (secondary N) is 1. The second-order valence-corrected chi connectivity index (χ2v) is 6.61. The van der Waals surface area contributed by atoms with E-state index >= 15 is 0 Å². The first-order valence-corrected chi connectivity index (χ1v) is 8.06. The van der Waals surface area contributed by atoms with Crippen molar-refractivity contribution in [1.29, 1.82) is 0 Å². The number of Topliss-reactive ketones (excluding diaryl/α,β-unsaturated/α-hetero) is 1. The van der Waals surface area contributed by atoms with Gasteiger partial charge >= 0.3 is 0 Å². The fourth-order valence-electron chi connectivity index (χ4n) is 1.84. The van der Waals surface area contributed by atoms with E-state index < -0.39 is 0 Å². The van der Waals surface area contributed by atoms with Crippen LogP contribution in [-0.2, 0) is 4.79 Å². The Morgan fingerprint density at radius 3 is 2.55 bits per heavy atom. The summed E-state index contributed by atoms with van der Waals surface area (Å²) in [4.78, 5) is 24.5. The van der Waals surface area contributed by atoms with E-state index in [9.17, 15) is 9.59 Å². The lowest BCUT2D eigenvalue weighted by Crippen LogP contribution is -2.22. The Hall–Kier alpha value is -1.78. The average molecular weight is 334 g/mol. The lowest BCUT2D eigenvalue weighted by molar-refractivity contribution is -0.115. The molecule has 0 aromatic heterocycles. The average Bonchev–Trinajstić information content (AvgIpc) is 2.49. The van der Waals surface area contributed by atoms with Crippen LogP contribution in [0.3, 0.4) is 0 Å². The molecule has 0 radical (unpaired) electrons. The fourth-order valence-corrected chi connectivity index (χ4v) is 3.00. The summed E-state index contributed by atoms with van der Waals surface area (Å²) in [5.74, 6) is -0.166. The third-order valence-electron chi connectivity index (χ3n) is 3.05. The van der Waals surface area contributed by atoms with E-state index in [4.69, 9.17) is 11.6 Å². The zero-order valence-corrected chi connectivity index (χ0v) is 13.9. The molecule has 2 aromatic rings. The molecule has 1 N–H and O–H groups in total. The van der Waals surface area contributed by atoms with Gasteiger partial charge in [0.1, 0.15) is 0 Å². The molecule has 1 atom stereocenters. The highest BCUT2D eigenvalue weighted by atomic mass is 35.5. The lowest BCUT2D eigenvalue weighted by atomic mass is 10.1. The molecule has 0 aliphatic rings. The molecule has 1 amide bonds. The summed E-state index contributed by atoms with van der Waals surface area (Å²) in [5, 5.41) is 3.15. The van der Waals surface area contributed by atoms with Crippen molar-refractivity contribution in [2.24, 2.45) is 0 Å². The molecule has 0 bridgehead atoms. The zero-order chi connectivity index (χ0) is 16.1. The van der Waals surface area contributed by atoms with Crippen molar-refractivity contribution in [1.82, 2.24) is 0 Å². The van der Waals surface area contributed by atoms with Gasteiger partial charge < -0.3 is 5.32 Å². The molecular formula is C17H16ClNO2S. The van der Waals surface area contributed by atoms with Crippen LogP contribution < -0.4 is 5.32 Å². The summed E-state index contributed by atoms with van der Waals surface area (Å²) in [6.45, 7) is 3.31. The monoisotopic (exact) mass is 333 g/mol. The van der Waals surface area contributed by atoms with Crippen LogP contribution in [0.25, 0.3) is 0 Å². The molecule has 3 nitrogen and oxygen atoms in total. The number of benzene rings is 2. The molecule has 2 rings (SSSR count). The van der Waals surface area contributed by atoms with Gasteiger partial charge in [0.05, 0.1) is 10.3 Å². The van der Waals surface area contributed by atoms with Crippen LogP contribution in [0.2, 0.25) is 5.02 Å². The summed E-state index contributed by atoms with van der Waals surface area (Å²) >= 11 is 7.50. The van der Waals surface area contributed by atoms with Gasteiger partial charge in [0, 0.05) is 16.1 Å². The van der Waals surface area contributed by atoms with Gasteiger partial charge in [-0.25, -0.2) is 0 Å². The molecule has 0 saturated carbocycles. The van der Waals surface area contributed by atoms with E-state index in [0.717, 1.165) is 4.90 Å². The van der Waals surface area contributed by atoms with Crippen LogP contribution >= 0.6 is 23.4 Å². The SMILES string of the molecule is CC(=O)c1cccc(NC(=O)[C@@H](C)Sc2ccccc2Cl)c1. The molecule has 0 saturated heterocycles. The number of carbonyl (C=O) groups excluding carboxylic acids is 2. The van der Waals surface area contributed by atoms with Crippen molar-refractivity contribution in [3.63, 3.8) is 0 Å². The largest absolute Gasteiger partial charge is 0.325 e. The van der Waals surface area contributed by atoms with Gasteiger partial charge in [-0.05, 0) is 38.1 Å². The number of hydrogen-bond acceptors (Lipinski definition) is 3. The van der Waals surface area contributed by atoms with Crippen molar-refractivity contribution in [3.05, 3.63) is 59.1 Å². The summed E-state index contributed by atoms with van der Waals surface area (Å²) < 4.78 is 0. The summed E-state index contributed by atoms with van der Waals surface area (Å²) in [5.41, 5.74) is 1.19.